The van der Waals surface area contributed by atoms with Gasteiger partial charge in [-0.05, 0) is 24.6 Å². The van der Waals surface area contributed by atoms with Gasteiger partial charge in [-0.3, -0.25) is 14.8 Å². The maximum atomic E-state index is 12.1. The van der Waals surface area contributed by atoms with Crippen LogP contribution in [-0.2, 0) is 0 Å². The van der Waals surface area contributed by atoms with E-state index in [0.29, 0.717) is 5.69 Å². The van der Waals surface area contributed by atoms with Gasteiger partial charge in [0.2, 0.25) is 0 Å². The van der Waals surface area contributed by atoms with E-state index < -0.39 is 0 Å². The van der Waals surface area contributed by atoms with Gasteiger partial charge in [-0.1, -0.05) is 12.1 Å². The molecule has 19 heavy (non-hydrogen) atoms. The molecule has 1 atom stereocenters. The minimum Gasteiger partial charge on any atom is -0.399 e. The summed E-state index contributed by atoms with van der Waals surface area (Å²) in [7, 11) is 0. The average molecular weight is 257 g/mol. The number of rotatable bonds is 3. The smallest absolute Gasteiger partial charge is 0.288 e. The van der Waals surface area contributed by atoms with Crippen molar-refractivity contribution in [1.29, 1.82) is 0 Å². The van der Waals surface area contributed by atoms with Crippen molar-refractivity contribution in [2.24, 2.45) is 5.84 Å². The lowest BCUT2D eigenvalue weighted by Gasteiger charge is -2.24. The van der Waals surface area contributed by atoms with E-state index in [1.165, 1.54) is 18.6 Å². The summed E-state index contributed by atoms with van der Waals surface area (Å²) in [6, 6.07) is 6.93. The largest absolute Gasteiger partial charge is 0.399 e. The SMILES string of the molecule is CC(c1ccc(N)cc1)N(N)C(=O)c1cnccn1. The van der Waals surface area contributed by atoms with Gasteiger partial charge in [0.05, 0.1) is 12.2 Å². The van der Waals surface area contributed by atoms with Gasteiger partial charge >= 0.3 is 0 Å². The summed E-state index contributed by atoms with van der Waals surface area (Å²) in [5.41, 5.74) is 7.40. The van der Waals surface area contributed by atoms with Gasteiger partial charge in [-0.2, -0.15) is 0 Å². The zero-order valence-electron chi connectivity index (χ0n) is 10.5. The zero-order valence-corrected chi connectivity index (χ0v) is 10.5. The number of anilines is 1. The Bertz CT molecular complexity index is 555. The van der Waals surface area contributed by atoms with Gasteiger partial charge in [0.1, 0.15) is 5.69 Å². The lowest BCUT2D eigenvalue weighted by atomic mass is 10.1. The molecule has 1 aromatic carbocycles. The van der Waals surface area contributed by atoms with Crippen molar-refractivity contribution in [3.8, 4) is 0 Å². The fourth-order valence-electron chi connectivity index (χ4n) is 1.65. The fraction of sp³-hybridized carbons (Fsp3) is 0.154. The Kier molecular flexibility index (Phi) is 3.72. The summed E-state index contributed by atoms with van der Waals surface area (Å²) in [6.45, 7) is 1.83. The first-order chi connectivity index (χ1) is 9.09. The summed E-state index contributed by atoms with van der Waals surface area (Å²) in [5, 5.41) is 1.13. The molecule has 0 radical (unpaired) electrons. The van der Waals surface area contributed by atoms with E-state index in [2.05, 4.69) is 9.97 Å². The third-order valence-electron chi connectivity index (χ3n) is 2.85. The van der Waals surface area contributed by atoms with Gasteiger partial charge in [0.15, 0.2) is 0 Å². The van der Waals surface area contributed by atoms with Crippen LogP contribution in [0.3, 0.4) is 0 Å². The quantitative estimate of drug-likeness (QED) is 0.372. The molecule has 0 aliphatic heterocycles. The van der Waals surface area contributed by atoms with Crippen LogP contribution in [0.15, 0.2) is 42.9 Å². The first kappa shape index (κ1) is 13.0. The topological polar surface area (TPSA) is 98.1 Å². The Balaban J connectivity index is 2.17. The van der Waals surface area contributed by atoms with E-state index in [1.54, 1.807) is 12.1 Å². The minimum absolute atomic E-state index is 0.215. The molecule has 98 valence electrons. The molecule has 2 aromatic rings. The highest BCUT2D eigenvalue weighted by atomic mass is 16.2. The number of nitrogen functional groups attached to an aromatic ring is 1. The molecule has 1 heterocycles. The summed E-state index contributed by atoms with van der Waals surface area (Å²) in [4.78, 5) is 19.9. The number of hydrogen-bond acceptors (Lipinski definition) is 5. The molecule has 1 unspecified atom stereocenters. The van der Waals surface area contributed by atoms with Gasteiger partial charge in [-0.25, -0.2) is 10.8 Å². The Morgan fingerprint density at radius 3 is 2.53 bits per heavy atom. The van der Waals surface area contributed by atoms with Crippen molar-refractivity contribution in [2.45, 2.75) is 13.0 Å². The molecular formula is C13H15N5O. The van der Waals surface area contributed by atoms with Gasteiger partial charge in [0.25, 0.3) is 5.91 Å². The van der Waals surface area contributed by atoms with Gasteiger partial charge in [0, 0.05) is 18.1 Å². The molecule has 0 spiro atoms. The van der Waals surface area contributed by atoms with Crippen molar-refractivity contribution < 1.29 is 4.79 Å². The van der Waals surface area contributed by atoms with E-state index in [9.17, 15) is 4.79 Å². The van der Waals surface area contributed by atoms with E-state index in [1.807, 2.05) is 19.1 Å². The number of carbonyl (C=O) groups excluding carboxylic acids is 1. The minimum atomic E-state index is -0.377. The molecule has 0 aliphatic carbocycles. The molecule has 2 rings (SSSR count). The van der Waals surface area contributed by atoms with Crippen LogP contribution in [0.5, 0.6) is 0 Å². The Labute approximate surface area is 111 Å². The van der Waals surface area contributed by atoms with Gasteiger partial charge in [-0.15, -0.1) is 0 Å². The average Bonchev–Trinajstić information content (AvgIpc) is 2.46. The molecule has 0 fully saturated rings. The first-order valence-corrected chi connectivity index (χ1v) is 5.79. The van der Waals surface area contributed by atoms with E-state index in [4.69, 9.17) is 11.6 Å². The Morgan fingerprint density at radius 2 is 1.95 bits per heavy atom. The summed E-state index contributed by atoms with van der Waals surface area (Å²) in [6.07, 6.45) is 4.34. The highest BCUT2D eigenvalue weighted by Crippen LogP contribution is 2.19. The first-order valence-electron chi connectivity index (χ1n) is 5.79. The predicted molar refractivity (Wildman–Crippen MR) is 71.7 cm³/mol. The van der Waals surface area contributed by atoms with Crippen LogP contribution in [0.1, 0.15) is 29.0 Å². The van der Waals surface area contributed by atoms with E-state index in [-0.39, 0.29) is 17.6 Å². The second-order valence-electron chi connectivity index (χ2n) is 4.15. The number of carbonyl (C=O) groups is 1. The second-order valence-corrected chi connectivity index (χ2v) is 4.15. The van der Waals surface area contributed by atoms with Crippen LogP contribution in [0.25, 0.3) is 0 Å². The van der Waals surface area contributed by atoms with Gasteiger partial charge < -0.3 is 5.73 Å². The standard InChI is InChI=1S/C13H15N5O/c1-9(10-2-4-11(14)5-3-10)18(15)13(19)12-8-16-6-7-17-12/h2-9H,14-15H2,1H3. The van der Waals surface area contributed by atoms with Crippen molar-refractivity contribution >= 4 is 11.6 Å². The number of amides is 1. The number of hydrogen-bond donors (Lipinski definition) is 2. The van der Waals surface area contributed by atoms with Crippen LogP contribution >= 0.6 is 0 Å². The Morgan fingerprint density at radius 1 is 1.26 bits per heavy atom. The third-order valence-corrected chi connectivity index (χ3v) is 2.85. The molecule has 6 heteroatoms. The van der Waals surface area contributed by atoms with E-state index >= 15 is 0 Å². The molecule has 0 saturated carbocycles. The van der Waals surface area contributed by atoms with Crippen LogP contribution in [-0.4, -0.2) is 20.9 Å². The monoisotopic (exact) mass is 257 g/mol. The predicted octanol–water partition coefficient (Wildman–Crippen LogP) is 1.14. The van der Waals surface area contributed by atoms with Crippen molar-refractivity contribution in [3.63, 3.8) is 0 Å². The second kappa shape index (κ2) is 5.45. The van der Waals surface area contributed by atoms with Crippen LogP contribution in [0.4, 0.5) is 5.69 Å². The van der Waals surface area contributed by atoms with Crippen molar-refractivity contribution in [2.75, 3.05) is 5.73 Å². The lowest BCUT2D eigenvalue weighted by molar-refractivity contribution is 0.0684. The number of nitrogens with zero attached hydrogens (tertiary/aromatic N) is 3. The molecule has 1 amide bonds. The lowest BCUT2D eigenvalue weighted by Crippen LogP contribution is -2.40. The molecular weight excluding hydrogens is 242 g/mol. The van der Waals surface area contributed by atoms with Crippen molar-refractivity contribution in [3.05, 3.63) is 54.1 Å². The molecule has 0 saturated heterocycles. The molecule has 0 aliphatic rings. The fourth-order valence-corrected chi connectivity index (χ4v) is 1.65. The highest BCUT2D eigenvalue weighted by molar-refractivity contribution is 5.91. The van der Waals surface area contributed by atoms with Crippen LogP contribution < -0.4 is 11.6 Å². The molecule has 0 bridgehead atoms. The molecule has 6 nitrogen and oxygen atoms in total. The Hall–Kier alpha value is -2.47. The summed E-state index contributed by atoms with van der Waals surface area (Å²) >= 11 is 0. The maximum absolute atomic E-state index is 12.1. The number of nitrogens with two attached hydrogens (primary N) is 2. The summed E-state index contributed by atoms with van der Waals surface area (Å²) in [5.74, 6) is 5.47. The van der Waals surface area contributed by atoms with Crippen LogP contribution in [0.2, 0.25) is 0 Å². The normalized spacial score (nSPS) is 11.9. The van der Waals surface area contributed by atoms with Crippen LogP contribution in [0, 0.1) is 0 Å². The molecule has 1 aromatic heterocycles. The molecule has 4 N–H and O–H groups in total. The third kappa shape index (κ3) is 2.86. The van der Waals surface area contributed by atoms with E-state index in [0.717, 1.165) is 10.6 Å². The maximum Gasteiger partial charge on any atom is 0.288 e. The number of aromatic nitrogens is 2. The number of benzene rings is 1. The summed E-state index contributed by atoms with van der Waals surface area (Å²) < 4.78 is 0. The zero-order chi connectivity index (χ0) is 13.8. The van der Waals surface area contributed by atoms with Crippen molar-refractivity contribution in [1.82, 2.24) is 15.0 Å². The highest BCUT2D eigenvalue weighted by Gasteiger charge is 2.20. The number of hydrazine groups is 1.